The Morgan fingerprint density at radius 1 is 1.56 bits per heavy atom. The van der Waals surface area contributed by atoms with E-state index in [2.05, 4.69) is 0 Å². The van der Waals surface area contributed by atoms with Gasteiger partial charge in [-0.3, -0.25) is 4.79 Å². The number of hydrogen-bond acceptors (Lipinski definition) is 4. The van der Waals surface area contributed by atoms with Crippen LogP contribution >= 0.6 is 11.3 Å². The lowest BCUT2D eigenvalue weighted by Gasteiger charge is -2.14. The highest BCUT2D eigenvalue weighted by Crippen LogP contribution is 2.29. The highest BCUT2D eigenvalue weighted by Gasteiger charge is 2.34. The molecule has 1 fully saturated rings. The van der Waals surface area contributed by atoms with Crippen LogP contribution in [0.5, 0.6) is 0 Å². The van der Waals surface area contributed by atoms with Crippen LogP contribution < -0.4 is 0 Å². The second-order valence-electron chi connectivity index (χ2n) is 4.48. The summed E-state index contributed by atoms with van der Waals surface area (Å²) in [4.78, 5) is 11.6. The molecule has 0 aliphatic carbocycles. The number of hydrogen-bond donors (Lipinski definition) is 1. The van der Waals surface area contributed by atoms with Crippen molar-refractivity contribution in [3.8, 4) is 0 Å². The predicted molar refractivity (Wildman–Crippen MR) is 68.2 cm³/mol. The van der Waals surface area contributed by atoms with Gasteiger partial charge in [-0.15, -0.1) is 11.3 Å². The minimum absolute atomic E-state index is 0.0372. The highest BCUT2D eigenvalue weighted by molar-refractivity contribution is 7.91. The van der Waals surface area contributed by atoms with Gasteiger partial charge in [0.2, 0.25) is 0 Å². The van der Waals surface area contributed by atoms with Crippen LogP contribution in [-0.2, 0) is 14.8 Å². The number of thiophene rings is 1. The fourth-order valence-electron chi connectivity index (χ4n) is 2.11. The maximum atomic E-state index is 12.3. The Bertz CT molecular complexity index is 549. The van der Waals surface area contributed by atoms with E-state index in [0.717, 1.165) is 4.88 Å². The van der Waals surface area contributed by atoms with Crippen molar-refractivity contribution < 1.29 is 18.3 Å². The molecule has 2 heterocycles. The topological polar surface area (TPSA) is 74.7 Å². The number of aliphatic carboxylic acids is 1. The Morgan fingerprint density at radius 3 is 2.83 bits per heavy atom. The predicted octanol–water partition coefficient (Wildman–Crippen LogP) is 1.54. The van der Waals surface area contributed by atoms with Crippen LogP contribution in [0.2, 0.25) is 0 Å². The molecule has 1 unspecified atom stereocenters. The number of carboxylic acids is 1. The van der Waals surface area contributed by atoms with E-state index in [1.165, 1.54) is 15.6 Å². The minimum atomic E-state index is -3.43. The fourth-order valence-corrected chi connectivity index (χ4v) is 5.08. The Kier molecular flexibility index (Phi) is 3.74. The summed E-state index contributed by atoms with van der Waals surface area (Å²) in [5, 5.41) is 8.72. The van der Waals surface area contributed by atoms with Crippen molar-refractivity contribution in [1.82, 2.24) is 4.31 Å². The molecular formula is C11H15NO4S2. The van der Waals surface area contributed by atoms with Gasteiger partial charge in [0.1, 0.15) is 4.21 Å². The van der Waals surface area contributed by atoms with E-state index in [9.17, 15) is 13.2 Å². The van der Waals surface area contributed by atoms with Crippen molar-refractivity contribution in [3.63, 3.8) is 0 Å². The van der Waals surface area contributed by atoms with Crippen molar-refractivity contribution in [2.75, 3.05) is 13.1 Å². The van der Waals surface area contributed by atoms with Crippen LogP contribution in [-0.4, -0.2) is 36.9 Å². The lowest BCUT2D eigenvalue weighted by molar-refractivity contribution is -0.137. The van der Waals surface area contributed by atoms with Gasteiger partial charge < -0.3 is 5.11 Å². The molecule has 100 valence electrons. The maximum absolute atomic E-state index is 12.3. The number of aryl methyl sites for hydroxylation is 1. The van der Waals surface area contributed by atoms with Crippen LogP contribution in [0.25, 0.3) is 0 Å². The molecule has 1 saturated heterocycles. The lowest BCUT2D eigenvalue weighted by Crippen LogP contribution is -2.28. The second kappa shape index (κ2) is 4.99. The van der Waals surface area contributed by atoms with Gasteiger partial charge in [0.25, 0.3) is 10.0 Å². The molecular weight excluding hydrogens is 274 g/mol. The first kappa shape index (κ1) is 13.5. The van der Waals surface area contributed by atoms with Gasteiger partial charge in [0.15, 0.2) is 0 Å². The molecule has 1 aromatic rings. The summed E-state index contributed by atoms with van der Waals surface area (Å²) in [7, 11) is -3.43. The first-order chi connectivity index (χ1) is 8.39. The van der Waals surface area contributed by atoms with Crippen molar-refractivity contribution in [3.05, 3.63) is 17.0 Å². The summed E-state index contributed by atoms with van der Waals surface area (Å²) in [5.74, 6) is -0.940. The summed E-state index contributed by atoms with van der Waals surface area (Å²) >= 11 is 1.25. The molecule has 0 bridgehead atoms. The van der Waals surface area contributed by atoms with Gasteiger partial charge in [-0.1, -0.05) is 0 Å². The minimum Gasteiger partial charge on any atom is -0.481 e. The third kappa shape index (κ3) is 2.73. The largest absolute Gasteiger partial charge is 0.481 e. The first-order valence-electron chi connectivity index (χ1n) is 5.68. The molecule has 0 amide bonds. The molecule has 1 aliphatic rings. The monoisotopic (exact) mass is 289 g/mol. The van der Waals surface area contributed by atoms with Crippen LogP contribution in [0.15, 0.2) is 16.3 Å². The Morgan fingerprint density at radius 2 is 2.28 bits per heavy atom. The van der Waals surface area contributed by atoms with Gasteiger partial charge in [-0.05, 0) is 31.4 Å². The number of carboxylic acid groups (broad SMARTS) is 1. The summed E-state index contributed by atoms with van der Waals surface area (Å²) in [6.07, 6.45) is 0.658. The summed E-state index contributed by atoms with van der Waals surface area (Å²) in [6, 6.07) is 3.39. The zero-order chi connectivity index (χ0) is 13.3. The fraction of sp³-hybridized carbons (Fsp3) is 0.545. The molecule has 18 heavy (non-hydrogen) atoms. The van der Waals surface area contributed by atoms with Gasteiger partial charge in [0, 0.05) is 24.4 Å². The standard InChI is InChI=1S/C11H15NO4S2/c1-8-2-3-11(17-8)18(15,16)12-5-4-9(7-12)6-10(13)14/h2-3,9H,4-7H2,1H3,(H,13,14). The average Bonchev–Trinajstić information content (AvgIpc) is 2.86. The third-order valence-electron chi connectivity index (χ3n) is 3.02. The summed E-state index contributed by atoms with van der Waals surface area (Å²) < 4.78 is 26.3. The molecule has 0 aromatic carbocycles. The normalized spacial score (nSPS) is 21.3. The van der Waals surface area contributed by atoms with Crippen LogP contribution in [0, 0.1) is 12.8 Å². The molecule has 2 rings (SSSR count). The van der Waals surface area contributed by atoms with Crippen LogP contribution in [0.4, 0.5) is 0 Å². The van der Waals surface area contributed by atoms with Gasteiger partial charge in [0.05, 0.1) is 0 Å². The van der Waals surface area contributed by atoms with Gasteiger partial charge in [-0.25, -0.2) is 8.42 Å². The zero-order valence-electron chi connectivity index (χ0n) is 10.00. The van der Waals surface area contributed by atoms with Gasteiger partial charge in [-0.2, -0.15) is 4.31 Å². The van der Waals surface area contributed by atoms with Crippen molar-refractivity contribution in [1.29, 1.82) is 0 Å². The Balaban J connectivity index is 2.11. The second-order valence-corrected chi connectivity index (χ2v) is 7.93. The molecule has 1 aliphatic heterocycles. The van der Waals surface area contributed by atoms with E-state index in [-0.39, 0.29) is 12.3 Å². The van der Waals surface area contributed by atoms with Gasteiger partial charge >= 0.3 is 5.97 Å². The summed E-state index contributed by atoms with van der Waals surface area (Å²) in [6.45, 7) is 2.59. The number of nitrogens with zero attached hydrogens (tertiary/aromatic N) is 1. The summed E-state index contributed by atoms with van der Waals surface area (Å²) in [5.41, 5.74) is 0. The number of carbonyl (C=O) groups is 1. The SMILES string of the molecule is Cc1ccc(S(=O)(=O)N2CCC(CC(=O)O)C2)s1. The molecule has 7 heteroatoms. The Labute approximate surface area is 110 Å². The molecule has 0 radical (unpaired) electrons. The first-order valence-corrected chi connectivity index (χ1v) is 7.93. The van der Waals surface area contributed by atoms with Crippen molar-refractivity contribution >= 4 is 27.3 Å². The van der Waals surface area contributed by atoms with Crippen LogP contribution in [0.1, 0.15) is 17.7 Å². The highest BCUT2D eigenvalue weighted by atomic mass is 32.2. The lowest BCUT2D eigenvalue weighted by atomic mass is 10.1. The van der Waals surface area contributed by atoms with E-state index >= 15 is 0 Å². The molecule has 5 nitrogen and oxygen atoms in total. The molecule has 1 N–H and O–H groups in total. The molecule has 0 spiro atoms. The Hall–Kier alpha value is -0.920. The smallest absolute Gasteiger partial charge is 0.303 e. The number of rotatable bonds is 4. The number of sulfonamides is 1. The molecule has 1 aromatic heterocycles. The van der Waals surface area contributed by atoms with E-state index in [0.29, 0.717) is 23.7 Å². The van der Waals surface area contributed by atoms with E-state index < -0.39 is 16.0 Å². The van der Waals surface area contributed by atoms with Crippen LogP contribution in [0.3, 0.4) is 0 Å². The average molecular weight is 289 g/mol. The maximum Gasteiger partial charge on any atom is 0.303 e. The van der Waals surface area contributed by atoms with Crippen molar-refractivity contribution in [2.45, 2.75) is 24.0 Å². The molecule has 1 atom stereocenters. The third-order valence-corrected chi connectivity index (χ3v) is 6.35. The van der Waals surface area contributed by atoms with Crippen molar-refractivity contribution in [2.24, 2.45) is 5.92 Å². The quantitative estimate of drug-likeness (QED) is 0.912. The van der Waals surface area contributed by atoms with E-state index in [1.807, 2.05) is 6.92 Å². The van der Waals surface area contributed by atoms with E-state index in [4.69, 9.17) is 5.11 Å². The molecule has 0 saturated carbocycles. The zero-order valence-corrected chi connectivity index (χ0v) is 11.6. The van der Waals surface area contributed by atoms with E-state index in [1.54, 1.807) is 12.1 Å².